The largest absolute Gasteiger partial charge is 0.340 e. The maximum atomic E-state index is 5.39. The van der Waals surface area contributed by atoms with Crippen molar-refractivity contribution in [1.82, 2.24) is 5.32 Å². The van der Waals surface area contributed by atoms with Gasteiger partial charge in [0, 0.05) is 11.6 Å². The van der Waals surface area contributed by atoms with Crippen molar-refractivity contribution < 1.29 is 0 Å². The summed E-state index contributed by atoms with van der Waals surface area (Å²) in [5.74, 6) is 2.98. The summed E-state index contributed by atoms with van der Waals surface area (Å²) < 4.78 is 0. The molecule has 4 bridgehead atoms. The van der Waals surface area contributed by atoms with Gasteiger partial charge >= 0.3 is 0 Å². The Hall–Kier alpha value is -0.640. The van der Waals surface area contributed by atoms with Gasteiger partial charge in [0.05, 0.1) is 0 Å². The first-order valence-electron chi connectivity index (χ1n) is 5.52. The first kappa shape index (κ1) is 7.74. The lowest BCUT2D eigenvalue weighted by Gasteiger charge is -2.56. The molecule has 0 aromatic heterocycles. The fourth-order valence-electron chi connectivity index (χ4n) is 4.42. The predicted molar refractivity (Wildman–Crippen MR) is 52.9 cm³/mol. The second-order valence-corrected chi connectivity index (χ2v) is 5.47. The van der Waals surface area contributed by atoms with Crippen molar-refractivity contribution in [2.45, 2.75) is 44.1 Å². The van der Waals surface area contributed by atoms with Crippen LogP contribution in [0.4, 0.5) is 0 Å². The average molecular weight is 175 g/mol. The van der Waals surface area contributed by atoms with Crippen molar-refractivity contribution in [2.24, 2.45) is 17.8 Å². The van der Waals surface area contributed by atoms with Gasteiger partial charge in [0.15, 0.2) is 0 Å². The SMILES string of the molecule is C#CNC12CC3CC(CC(C3)C1)C2. The number of terminal acetylenes is 1. The maximum Gasteiger partial charge on any atom is 0.0457 e. The van der Waals surface area contributed by atoms with Crippen LogP contribution in [0.2, 0.25) is 0 Å². The number of hydrogen-bond acceptors (Lipinski definition) is 1. The number of hydrogen-bond donors (Lipinski definition) is 1. The standard InChI is InChI=1S/C12H17N/c1-2-13-12-6-9-3-10(7-12)5-11(4-9)8-12/h1,9-11,13H,3-8H2. The van der Waals surface area contributed by atoms with E-state index in [9.17, 15) is 0 Å². The van der Waals surface area contributed by atoms with E-state index in [0.29, 0.717) is 5.54 Å². The molecule has 0 radical (unpaired) electrons. The molecule has 1 heteroatoms. The highest BCUT2D eigenvalue weighted by molar-refractivity contribution is 5.09. The Bertz CT molecular complexity index is 226. The summed E-state index contributed by atoms with van der Waals surface area (Å²) in [5.41, 5.74) is 0.365. The summed E-state index contributed by atoms with van der Waals surface area (Å²) in [6.45, 7) is 0. The van der Waals surface area contributed by atoms with Crippen molar-refractivity contribution >= 4 is 0 Å². The highest BCUT2D eigenvalue weighted by atomic mass is 15.0. The predicted octanol–water partition coefficient (Wildman–Crippen LogP) is 2.14. The minimum Gasteiger partial charge on any atom is -0.340 e. The van der Waals surface area contributed by atoms with Gasteiger partial charge in [0.1, 0.15) is 0 Å². The molecular formula is C12H17N. The Morgan fingerprint density at radius 2 is 1.46 bits per heavy atom. The normalized spacial score (nSPS) is 51.8. The summed E-state index contributed by atoms with van der Waals surface area (Å²) in [6, 6.07) is 2.67. The van der Waals surface area contributed by atoms with E-state index in [1.807, 2.05) is 0 Å². The Kier molecular flexibility index (Phi) is 1.45. The smallest absolute Gasteiger partial charge is 0.0457 e. The van der Waals surface area contributed by atoms with Crippen molar-refractivity contribution in [3.8, 4) is 12.5 Å². The van der Waals surface area contributed by atoms with E-state index in [1.165, 1.54) is 38.5 Å². The molecule has 0 spiro atoms. The van der Waals surface area contributed by atoms with Gasteiger partial charge in [0.2, 0.25) is 0 Å². The van der Waals surface area contributed by atoms with Crippen LogP contribution in [-0.4, -0.2) is 5.54 Å². The van der Waals surface area contributed by atoms with Crippen molar-refractivity contribution in [3.05, 3.63) is 0 Å². The molecule has 4 fully saturated rings. The minimum absolute atomic E-state index is 0.365. The van der Waals surface area contributed by atoms with Crippen molar-refractivity contribution in [3.63, 3.8) is 0 Å². The van der Waals surface area contributed by atoms with E-state index in [-0.39, 0.29) is 0 Å². The van der Waals surface area contributed by atoms with Crippen LogP contribution in [0.5, 0.6) is 0 Å². The Morgan fingerprint density at radius 3 is 1.85 bits per heavy atom. The van der Waals surface area contributed by atoms with Crippen LogP contribution in [0.3, 0.4) is 0 Å². The first-order chi connectivity index (χ1) is 6.30. The third-order valence-corrected chi connectivity index (χ3v) is 4.38. The molecule has 0 aromatic carbocycles. The zero-order valence-corrected chi connectivity index (χ0v) is 8.05. The van der Waals surface area contributed by atoms with Gasteiger partial charge in [-0.1, -0.05) is 6.42 Å². The molecule has 0 unspecified atom stereocenters. The molecule has 4 saturated carbocycles. The van der Waals surface area contributed by atoms with E-state index in [2.05, 4.69) is 11.4 Å². The summed E-state index contributed by atoms with van der Waals surface area (Å²) in [5, 5.41) is 3.32. The van der Waals surface area contributed by atoms with Crippen molar-refractivity contribution in [2.75, 3.05) is 0 Å². The van der Waals surface area contributed by atoms with Crippen LogP contribution in [-0.2, 0) is 0 Å². The Morgan fingerprint density at radius 1 is 1.00 bits per heavy atom. The maximum absolute atomic E-state index is 5.39. The summed E-state index contributed by atoms with van der Waals surface area (Å²) in [4.78, 5) is 0. The van der Waals surface area contributed by atoms with Gasteiger partial charge in [-0.05, 0) is 56.3 Å². The van der Waals surface area contributed by atoms with Gasteiger partial charge < -0.3 is 5.32 Å². The molecule has 0 aromatic rings. The lowest BCUT2D eigenvalue weighted by Crippen LogP contribution is -2.57. The van der Waals surface area contributed by atoms with Crippen LogP contribution < -0.4 is 5.32 Å². The fraction of sp³-hybridized carbons (Fsp3) is 0.833. The Labute approximate surface area is 80.3 Å². The highest BCUT2D eigenvalue weighted by Crippen LogP contribution is 2.55. The average Bonchev–Trinajstić information content (AvgIpc) is 2.00. The zero-order chi connectivity index (χ0) is 8.89. The molecular weight excluding hydrogens is 158 g/mol. The molecule has 13 heavy (non-hydrogen) atoms. The van der Waals surface area contributed by atoms with E-state index in [1.54, 1.807) is 0 Å². The van der Waals surface area contributed by atoms with Crippen LogP contribution in [0.1, 0.15) is 38.5 Å². The Balaban J connectivity index is 1.88. The fourth-order valence-corrected chi connectivity index (χ4v) is 4.42. The van der Waals surface area contributed by atoms with Gasteiger partial charge in [-0.3, -0.25) is 0 Å². The number of rotatable bonds is 1. The molecule has 4 aliphatic carbocycles. The van der Waals surface area contributed by atoms with E-state index >= 15 is 0 Å². The van der Waals surface area contributed by atoms with Crippen LogP contribution in [0, 0.1) is 30.2 Å². The lowest BCUT2D eigenvalue weighted by molar-refractivity contribution is -0.0115. The summed E-state index contributed by atoms with van der Waals surface area (Å²) in [6.07, 6.45) is 13.9. The molecule has 0 atom stereocenters. The van der Waals surface area contributed by atoms with Gasteiger partial charge in [-0.15, -0.1) is 0 Å². The van der Waals surface area contributed by atoms with Gasteiger partial charge in [-0.2, -0.15) is 0 Å². The quantitative estimate of drug-likeness (QED) is 0.475. The third-order valence-electron chi connectivity index (χ3n) is 4.38. The van der Waals surface area contributed by atoms with Gasteiger partial charge in [-0.25, -0.2) is 0 Å². The van der Waals surface area contributed by atoms with Crippen molar-refractivity contribution in [1.29, 1.82) is 0 Å². The molecule has 4 rings (SSSR count). The van der Waals surface area contributed by atoms with E-state index < -0.39 is 0 Å². The second-order valence-electron chi connectivity index (χ2n) is 5.47. The zero-order valence-electron chi connectivity index (χ0n) is 8.05. The van der Waals surface area contributed by atoms with Crippen LogP contribution in [0.25, 0.3) is 0 Å². The molecule has 4 aliphatic rings. The third kappa shape index (κ3) is 1.08. The second kappa shape index (κ2) is 2.44. The monoisotopic (exact) mass is 175 g/mol. The molecule has 1 nitrogen and oxygen atoms in total. The molecule has 0 heterocycles. The lowest BCUT2D eigenvalue weighted by atomic mass is 9.53. The topological polar surface area (TPSA) is 12.0 Å². The highest BCUT2D eigenvalue weighted by Gasteiger charge is 2.50. The summed E-state index contributed by atoms with van der Waals surface area (Å²) >= 11 is 0. The molecule has 0 aliphatic heterocycles. The van der Waals surface area contributed by atoms with Crippen LogP contribution >= 0.6 is 0 Å². The van der Waals surface area contributed by atoms with E-state index in [4.69, 9.17) is 6.42 Å². The first-order valence-corrected chi connectivity index (χ1v) is 5.52. The van der Waals surface area contributed by atoms with Gasteiger partial charge in [0.25, 0.3) is 0 Å². The van der Waals surface area contributed by atoms with E-state index in [0.717, 1.165) is 17.8 Å². The molecule has 70 valence electrons. The van der Waals surface area contributed by atoms with Crippen LogP contribution in [0.15, 0.2) is 0 Å². The number of nitrogens with one attached hydrogen (secondary N) is 1. The molecule has 0 saturated heterocycles. The molecule has 1 N–H and O–H groups in total. The molecule has 0 amide bonds. The summed E-state index contributed by atoms with van der Waals surface area (Å²) in [7, 11) is 0. The minimum atomic E-state index is 0.365.